The van der Waals surface area contributed by atoms with Crippen LogP contribution in [0.4, 0.5) is 48.3 Å². The lowest BCUT2D eigenvalue weighted by atomic mass is 10.1. The van der Waals surface area contributed by atoms with Gasteiger partial charge in [0.25, 0.3) is 10.0 Å². The molecule has 0 fully saturated rings. The molecule has 0 heterocycles. The van der Waals surface area contributed by atoms with Crippen LogP contribution in [-0.2, 0) is 24.8 Å². The quantitative estimate of drug-likeness (QED) is 0.558. The van der Waals surface area contributed by atoms with Gasteiger partial charge in [-0.05, 0) is 0 Å². The zero-order valence-corrected chi connectivity index (χ0v) is 12.6. The number of rotatable bonds is 7. The minimum Gasteiger partial charge on any atom is -0.476 e. The summed E-state index contributed by atoms with van der Waals surface area (Å²) >= 11 is 0. The zero-order chi connectivity index (χ0) is 21.8. The van der Waals surface area contributed by atoms with Crippen molar-refractivity contribution in [2.75, 3.05) is 0 Å². The number of alkyl halides is 11. The van der Waals surface area contributed by atoms with Crippen LogP contribution >= 0.6 is 0 Å². The molecular formula is C6H2F11NO6S2. The van der Waals surface area contributed by atoms with E-state index in [1.165, 1.54) is 0 Å². The molecule has 0 aliphatic carbocycles. The lowest BCUT2D eigenvalue weighted by Crippen LogP contribution is -2.66. The van der Waals surface area contributed by atoms with E-state index in [-0.39, 0.29) is 0 Å². The van der Waals surface area contributed by atoms with Gasteiger partial charge in [0.05, 0.1) is 0 Å². The maximum Gasteiger partial charge on any atom is 0.460 e. The molecule has 0 aromatic heterocycles. The van der Waals surface area contributed by atoms with Crippen molar-refractivity contribution in [3.05, 3.63) is 0 Å². The molecule has 0 radical (unpaired) electrons. The minimum atomic E-state index is -7.98. The molecule has 0 aromatic carbocycles. The third-order valence-electron chi connectivity index (χ3n) is 2.26. The smallest absolute Gasteiger partial charge is 0.460 e. The first kappa shape index (κ1) is 24.6. The van der Waals surface area contributed by atoms with Crippen LogP contribution < -0.4 is 4.13 Å². The minimum absolute atomic E-state index is 0.993. The van der Waals surface area contributed by atoms with Crippen LogP contribution in [0.25, 0.3) is 0 Å². The van der Waals surface area contributed by atoms with Crippen molar-refractivity contribution in [1.82, 2.24) is 4.13 Å². The van der Waals surface area contributed by atoms with Gasteiger partial charge in [0.1, 0.15) is 0 Å². The number of sulfonamides is 2. The van der Waals surface area contributed by atoms with Gasteiger partial charge in [-0.1, -0.05) is 4.13 Å². The van der Waals surface area contributed by atoms with E-state index in [0.717, 1.165) is 0 Å². The number of carboxylic acid groups (broad SMARTS) is 1. The van der Waals surface area contributed by atoms with Crippen molar-refractivity contribution < 1.29 is 75.0 Å². The number of hydrogen-bond donors (Lipinski definition) is 2. The van der Waals surface area contributed by atoms with Gasteiger partial charge in [-0.3, -0.25) is 0 Å². The monoisotopic (exact) mass is 457 g/mol. The number of aliphatic carboxylic acids is 1. The molecule has 0 amide bonds. The molecule has 20 heteroatoms. The molecule has 0 rings (SSSR count). The first-order chi connectivity index (χ1) is 10.9. The molecule has 0 bridgehead atoms. The molecule has 7 nitrogen and oxygen atoms in total. The summed E-state index contributed by atoms with van der Waals surface area (Å²) in [6, 6.07) is 0. The Bertz CT molecular complexity index is 782. The van der Waals surface area contributed by atoms with Gasteiger partial charge < -0.3 is 5.11 Å². The summed E-state index contributed by atoms with van der Waals surface area (Å²) in [6.07, 6.45) is -7.49. The predicted molar refractivity (Wildman–Crippen MR) is 54.5 cm³/mol. The van der Waals surface area contributed by atoms with Gasteiger partial charge in [0.15, 0.2) is 0 Å². The van der Waals surface area contributed by atoms with Gasteiger partial charge in [0.2, 0.25) is 0 Å². The first-order valence-corrected chi connectivity index (χ1v) is 7.96. The average molecular weight is 457 g/mol. The lowest BCUT2D eigenvalue weighted by Gasteiger charge is -2.33. The second-order valence-electron chi connectivity index (χ2n) is 4.08. The molecule has 0 aromatic rings. The molecule has 0 aliphatic heterocycles. The summed E-state index contributed by atoms with van der Waals surface area (Å²) in [5, 5.41) is -6.13. The lowest BCUT2D eigenvalue weighted by molar-refractivity contribution is -0.382. The number of nitrogens with one attached hydrogen (secondary N) is 1. The number of halogens is 11. The highest BCUT2D eigenvalue weighted by Crippen LogP contribution is 2.54. The van der Waals surface area contributed by atoms with E-state index in [4.69, 9.17) is 5.11 Å². The van der Waals surface area contributed by atoms with E-state index >= 15 is 0 Å². The molecule has 26 heavy (non-hydrogen) atoms. The zero-order valence-electron chi connectivity index (χ0n) is 11.0. The highest BCUT2D eigenvalue weighted by atomic mass is 32.3. The highest BCUT2D eigenvalue weighted by Gasteiger charge is 2.85. The molecule has 0 spiro atoms. The van der Waals surface area contributed by atoms with Crippen molar-refractivity contribution in [2.45, 2.75) is 28.5 Å². The van der Waals surface area contributed by atoms with E-state index in [9.17, 15) is 69.9 Å². The van der Waals surface area contributed by atoms with E-state index in [1.54, 1.807) is 0 Å². The Labute approximate surface area is 134 Å². The number of carboxylic acids is 1. The van der Waals surface area contributed by atoms with Crippen LogP contribution in [0, 0.1) is 0 Å². The van der Waals surface area contributed by atoms with Gasteiger partial charge in [0, 0.05) is 0 Å². The van der Waals surface area contributed by atoms with Gasteiger partial charge in [-0.15, -0.1) is 0 Å². The largest absolute Gasteiger partial charge is 0.476 e. The summed E-state index contributed by atoms with van der Waals surface area (Å²) in [7, 11) is -15.3. The second-order valence-corrected chi connectivity index (χ2v) is 7.78. The molecule has 2 N–H and O–H groups in total. The Morgan fingerprint density at radius 3 is 1.31 bits per heavy atom. The highest BCUT2D eigenvalue weighted by molar-refractivity contribution is 8.06. The molecule has 0 saturated carbocycles. The fraction of sp³-hybridized carbons (Fsp3) is 0.833. The van der Waals surface area contributed by atoms with Crippen molar-refractivity contribution in [2.24, 2.45) is 0 Å². The Hall–Kier alpha value is -1.44. The predicted octanol–water partition coefficient (Wildman–Crippen LogP) is 1.34. The van der Waals surface area contributed by atoms with Crippen LogP contribution in [-0.4, -0.2) is 56.4 Å². The average Bonchev–Trinajstić information content (AvgIpc) is 2.34. The summed E-state index contributed by atoms with van der Waals surface area (Å²) in [6.45, 7) is 0. The molecular weight excluding hydrogens is 455 g/mol. The first-order valence-electron chi connectivity index (χ1n) is 4.99. The van der Waals surface area contributed by atoms with Gasteiger partial charge >= 0.3 is 44.5 Å². The Balaban J connectivity index is 6.36. The van der Waals surface area contributed by atoms with Crippen LogP contribution in [0.15, 0.2) is 0 Å². The molecule has 0 aliphatic rings. The maximum atomic E-state index is 13.1. The molecule has 0 unspecified atom stereocenters. The van der Waals surface area contributed by atoms with E-state index < -0.39 is 58.7 Å². The van der Waals surface area contributed by atoms with E-state index in [2.05, 4.69) is 0 Å². The Morgan fingerprint density at radius 1 is 0.692 bits per heavy atom. The van der Waals surface area contributed by atoms with Crippen molar-refractivity contribution in [3.8, 4) is 0 Å². The van der Waals surface area contributed by atoms with Gasteiger partial charge in [-0.25, -0.2) is 21.6 Å². The molecule has 0 saturated heterocycles. The molecule has 0 atom stereocenters. The fourth-order valence-electron chi connectivity index (χ4n) is 0.894. The van der Waals surface area contributed by atoms with Crippen molar-refractivity contribution in [1.29, 1.82) is 0 Å². The third-order valence-corrected chi connectivity index (χ3v) is 5.80. The van der Waals surface area contributed by atoms with Crippen LogP contribution in [0.3, 0.4) is 0 Å². The van der Waals surface area contributed by atoms with E-state index in [0.29, 0.717) is 0 Å². The summed E-state index contributed by atoms with van der Waals surface area (Å²) in [5.41, 5.74) is 0. The van der Waals surface area contributed by atoms with Crippen molar-refractivity contribution >= 4 is 26.0 Å². The Morgan fingerprint density at radius 2 is 1.04 bits per heavy atom. The number of hydrogen-bond acceptors (Lipinski definition) is 5. The summed E-state index contributed by atoms with van der Waals surface area (Å²) in [4.78, 5) is 9.92. The van der Waals surface area contributed by atoms with Crippen LogP contribution in [0.5, 0.6) is 0 Å². The fourth-order valence-corrected chi connectivity index (χ4v) is 3.58. The van der Waals surface area contributed by atoms with E-state index in [1.807, 2.05) is 0 Å². The van der Waals surface area contributed by atoms with Crippen molar-refractivity contribution in [3.63, 3.8) is 0 Å². The maximum absolute atomic E-state index is 13.1. The number of carbonyl (C=O) groups is 1. The van der Waals surface area contributed by atoms with Crippen LogP contribution in [0.2, 0.25) is 0 Å². The van der Waals surface area contributed by atoms with Crippen LogP contribution in [0.1, 0.15) is 0 Å². The summed E-state index contributed by atoms with van der Waals surface area (Å²) in [5.74, 6) is -19.4. The van der Waals surface area contributed by atoms with Gasteiger partial charge in [-0.2, -0.15) is 48.3 Å². The summed E-state index contributed by atoms with van der Waals surface area (Å²) < 4.78 is 180. The topological polar surface area (TPSA) is 118 Å². The SMILES string of the molecule is O=C(O)C(F)(F)S(=O)(=O)NS(=O)(=O)C(F)(F)C(F)(F)C(F)(F)C(F)(F)F. The standard InChI is InChI=1S/C6H2F11NO6S2/c7-2(8,1(19)20)25(21,22)18-26(23,24)6(16,17)4(11,12)3(9,10)5(13,14)15/h18H,(H,19,20). The Kier molecular flexibility index (Phi) is 5.70. The third kappa shape index (κ3) is 3.40. The normalized spacial score (nSPS) is 15.8. The second kappa shape index (κ2) is 6.04. The molecule has 156 valence electrons.